The van der Waals surface area contributed by atoms with Crippen molar-refractivity contribution in [3.63, 3.8) is 0 Å². The van der Waals surface area contributed by atoms with Gasteiger partial charge in [-0.25, -0.2) is 4.79 Å². The molecule has 144 valence electrons. The van der Waals surface area contributed by atoms with E-state index in [1.807, 2.05) is 0 Å². The van der Waals surface area contributed by atoms with E-state index in [0.717, 1.165) is 5.56 Å². The maximum atomic E-state index is 12.8. The van der Waals surface area contributed by atoms with Crippen molar-refractivity contribution < 1.29 is 24.2 Å². The maximum Gasteiger partial charge on any atom is 0.335 e. The number of anilines is 2. The second kappa shape index (κ2) is 8.45. The number of carbonyl (C=O) groups is 3. The van der Waals surface area contributed by atoms with Crippen LogP contribution < -0.4 is 9.80 Å². The van der Waals surface area contributed by atoms with Crippen LogP contribution in [0.4, 0.5) is 11.4 Å². The fraction of sp³-hybridized carbons (Fsp3) is 0.200. The summed E-state index contributed by atoms with van der Waals surface area (Å²) in [7, 11) is 1.53. The van der Waals surface area contributed by atoms with E-state index in [1.165, 1.54) is 41.2 Å². The second-order valence-electron chi connectivity index (χ2n) is 6.09. The van der Waals surface area contributed by atoms with Crippen molar-refractivity contribution in [1.29, 1.82) is 0 Å². The normalized spacial score (nSPS) is 13.7. The molecule has 2 heterocycles. The highest BCUT2D eigenvalue weighted by atomic mass is 16.5. The number of carbonyl (C=O) groups excluding carboxylic acids is 2. The number of carboxylic acids is 1. The van der Waals surface area contributed by atoms with Crippen molar-refractivity contribution in [2.45, 2.75) is 0 Å². The Bertz CT molecular complexity index is 927. The van der Waals surface area contributed by atoms with Crippen LogP contribution in [-0.2, 0) is 14.3 Å². The van der Waals surface area contributed by atoms with E-state index in [4.69, 9.17) is 4.74 Å². The number of benzene rings is 1. The molecule has 0 saturated carbocycles. The minimum absolute atomic E-state index is 0.0360. The summed E-state index contributed by atoms with van der Waals surface area (Å²) in [6.07, 6.45) is 6.17. The molecule has 2 aromatic rings. The summed E-state index contributed by atoms with van der Waals surface area (Å²) < 4.78 is 5.05. The average molecular weight is 381 g/mol. The molecule has 0 spiro atoms. The number of nitrogens with zero attached hydrogens (tertiary/aromatic N) is 3. The molecule has 1 aromatic heterocycles. The van der Waals surface area contributed by atoms with Gasteiger partial charge in [-0.3, -0.25) is 19.5 Å². The fourth-order valence-corrected chi connectivity index (χ4v) is 2.90. The zero-order chi connectivity index (χ0) is 20.1. The minimum Gasteiger partial charge on any atom is -0.478 e. The monoisotopic (exact) mass is 381 g/mol. The Hall–Kier alpha value is -3.52. The third-order valence-electron chi connectivity index (χ3n) is 4.29. The predicted octanol–water partition coefficient (Wildman–Crippen LogP) is 1.82. The number of rotatable bonds is 6. The van der Waals surface area contributed by atoms with Crippen molar-refractivity contribution in [1.82, 2.24) is 4.98 Å². The number of pyridine rings is 1. The highest BCUT2D eigenvalue weighted by Gasteiger charge is 2.32. The number of hydrogen-bond acceptors (Lipinski definition) is 5. The van der Waals surface area contributed by atoms with Crippen LogP contribution in [0.1, 0.15) is 15.9 Å². The highest BCUT2D eigenvalue weighted by Crippen LogP contribution is 2.34. The Labute approximate surface area is 161 Å². The number of methoxy groups -OCH3 is 1. The van der Waals surface area contributed by atoms with Crippen molar-refractivity contribution in [2.75, 3.05) is 36.6 Å². The summed E-state index contributed by atoms with van der Waals surface area (Å²) in [5, 5.41) is 9.30. The molecule has 3 rings (SSSR count). The number of ether oxygens (including phenoxy) is 1. The molecule has 2 amide bonds. The van der Waals surface area contributed by atoms with Crippen molar-refractivity contribution in [3.05, 3.63) is 59.9 Å². The van der Waals surface area contributed by atoms with Gasteiger partial charge in [0.25, 0.3) is 5.91 Å². The molecule has 0 fully saturated rings. The number of hydrogen-bond donors (Lipinski definition) is 1. The molecule has 1 aliphatic heterocycles. The van der Waals surface area contributed by atoms with Crippen LogP contribution in [0.25, 0.3) is 6.08 Å². The second-order valence-corrected chi connectivity index (χ2v) is 6.09. The Morgan fingerprint density at radius 2 is 2.11 bits per heavy atom. The van der Waals surface area contributed by atoms with Gasteiger partial charge in [-0.15, -0.1) is 0 Å². The largest absolute Gasteiger partial charge is 0.478 e. The predicted molar refractivity (Wildman–Crippen MR) is 103 cm³/mol. The van der Waals surface area contributed by atoms with E-state index in [9.17, 15) is 19.5 Å². The molecule has 8 nitrogen and oxygen atoms in total. The first-order chi connectivity index (χ1) is 13.5. The van der Waals surface area contributed by atoms with Gasteiger partial charge in [-0.2, -0.15) is 0 Å². The zero-order valence-corrected chi connectivity index (χ0v) is 15.2. The number of aromatic nitrogens is 1. The lowest BCUT2D eigenvalue weighted by molar-refractivity contribution is -0.121. The number of aromatic carboxylic acids is 1. The summed E-state index contributed by atoms with van der Waals surface area (Å²) >= 11 is 0. The third kappa shape index (κ3) is 4.07. The van der Waals surface area contributed by atoms with Crippen molar-refractivity contribution in [2.24, 2.45) is 0 Å². The Kier molecular flexibility index (Phi) is 5.81. The molecule has 0 bridgehead atoms. The number of carboxylic acid groups (broad SMARTS) is 1. The molecule has 0 atom stereocenters. The molecular weight excluding hydrogens is 362 g/mol. The SMILES string of the molecule is COCCN1C(=O)CN(C(=O)/C=C/c2cccnc2)c2cc(C(=O)O)ccc21. The van der Waals surface area contributed by atoms with Gasteiger partial charge < -0.3 is 14.7 Å². The Morgan fingerprint density at radius 3 is 2.79 bits per heavy atom. The van der Waals surface area contributed by atoms with Crippen molar-refractivity contribution >= 4 is 35.2 Å². The van der Waals surface area contributed by atoms with Gasteiger partial charge in [0.2, 0.25) is 5.91 Å². The van der Waals surface area contributed by atoms with Crippen molar-refractivity contribution in [3.8, 4) is 0 Å². The van der Waals surface area contributed by atoms with Gasteiger partial charge in [-0.1, -0.05) is 6.07 Å². The molecule has 0 unspecified atom stereocenters. The van der Waals surface area contributed by atoms with Crippen LogP contribution in [0, 0.1) is 0 Å². The zero-order valence-electron chi connectivity index (χ0n) is 15.2. The summed E-state index contributed by atoms with van der Waals surface area (Å²) in [6.45, 7) is 0.443. The molecule has 0 radical (unpaired) electrons. The first-order valence-corrected chi connectivity index (χ1v) is 8.57. The van der Waals surface area contributed by atoms with E-state index in [-0.39, 0.29) is 18.0 Å². The van der Waals surface area contributed by atoms with Gasteiger partial charge >= 0.3 is 5.97 Å². The van der Waals surface area contributed by atoms with Gasteiger partial charge in [-0.05, 0) is 35.9 Å². The third-order valence-corrected chi connectivity index (χ3v) is 4.29. The molecular formula is C20H19N3O5. The smallest absolute Gasteiger partial charge is 0.335 e. The van der Waals surface area contributed by atoms with Crippen LogP contribution >= 0.6 is 0 Å². The molecule has 1 aromatic carbocycles. The summed E-state index contributed by atoms with van der Waals surface area (Å²) in [4.78, 5) is 43.5. The Morgan fingerprint density at radius 1 is 1.29 bits per heavy atom. The van der Waals surface area contributed by atoms with Crippen LogP contribution in [0.5, 0.6) is 0 Å². The lowest BCUT2D eigenvalue weighted by Gasteiger charge is -2.35. The average Bonchev–Trinajstić information content (AvgIpc) is 2.71. The quantitative estimate of drug-likeness (QED) is 0.766. The summed E-state index contributed by atoms with van der Waals surface area (Å²) in [6, 6.07) is 7.89. The van der Waals surface area contributed by atoms with Crippen LogP contribution in [0.2, 0.25) is 0 Å². The van der Waals surface area contributed by atoms with Crippen LogP contribution in [0.3, 0.4) is 0 Å². The van der Waals surface area contributed by atoms with Crippen LogP contribution in [0.15, 0.2) is 48.8 Å². The number of amides is 2. The standard InChI is InChI=1S/C20H19N3O5/c1-28-10-9-22-16-6-5-15(20(26)27)11-17(16)23(13-19(22)25)18(24)7-4-14-3-2-8-21-12-14/h2-8,11-12H,9-10,13H2,1H3,(H,26,27)/b7-4+. The first-order valence-electron chi connectivity index (χ1n) is 8.57. The van der Waals surface area contributed by atoms with E-state index in [1.54, 1.807) is 30.6 Å². The van der Waals surface area contributed by atoms with Gasteiger partial charge in [0.05, 0.1) is 23.5 Å². The first kappa shape index (κ1) is 19.2. The molecule has 8 heteroatoms. The molecule has 0 saturated heterocycles. The maximum absolute atomic E-state index is 12.8. The van der Waals surface area contributed by atoms with Gasteiger partial charge in [0, 0.05) is 32.1 Å². The minimum atomic E-state index is -1.11. The van der Waals surface area contributed by atoms with E-state index >= 15 is 0 Å². The molecule has 1 aliphatic rings. The van der Waals surface area contributed by atoms with E-state index in [0.29, 0.717) is 24.5 Å². The lowest BCUT2D eigenvalue weighted by Crippen LogP contribution is -2.48. The summed E-state index contributed by atoms with van der Waals surface area (Å²) in [5.41, 5.74) is 1.62. The molecule has 1 N–H and O–H groups in total. The molecule has 28 heavy (non-hydrogen) atoms. The van der Waals surface area contributed by atoms with Gasteiger partial charge in [0.1, 0.15) is 6.54 Å². The molecule has 0 aliphatic carbocycles. The fourth-order valence-electron chi connectivity index (χ4n) is 2.90. The lowest BCUT2D eigenvalue weighted by atomic mass is 10.1. The van der Waals surface area contributed by atoms with Gasteiger partial charge in [0.15, 0.2) is 0 Å². The van der Waals surface area contributed by atoms with Crippen LogP contribution in [-0.4, -0.2) is 54.7 Å². The van der Waals surface area contributed by atoms with E-state index < -0.39 is 11.9 Å². The number of fused-ring (bicyclic) bond motifs is 1. The Balaban J connectivity index is 1.96. The highest BCUT2D eigenvalue weighted by molar-refractivity contribution is 6.15. The summed E-state index contributed by atoms with van der Waals surface area (Å²) in [5.74, 6) is -1.80. The topological polar surface area (TPSA) is 100 Å². The van der Waals surface area contributed by atoms with E-state index in [2.05, 4.69) is 4.98 Å².